The van der Waals surface area contributed by atoms with E-state index < -0.39 is 0 Å². The van der Waals surface area contributed by atoms with Crippen molar-refractivity contribution in [3.8, 4) is 0 Å². The van der Waals surface area contributed by atoms with Crippen LogP contribution in [-0.2, 0) is 29.0 Å². The number of aromatic nitrogens is 3. The molecule has 1 aromatic carbocycles. The van der Waals surface area contributed by atoms with Crippen LogP contribution in [-0.4, -0.2) is 51.9 Å². The standard InChI is InChI=1S/C22H31N5O2/c1-16-3-5-18(6-4-16)15-26-10-7-20-24-25-21(27(20)12-11-26)17(2)23-22(28)19-8-13-29-14-9-19/h3-6,17,19H,7-15H2,1-2H3,(H,23,28). The summed E-state index contributed by atoms with van der Waals surface area (Å²) < 4.78 is 7.56. The van der Waals surface area contributed by atoms with E-state index in [2.05, 4.69) is 56.2 Å². The quantitative estimate of drug-likeness (QED) is 0.838. The van der Waals surface area contributed by atoms with E-state index in [9.17, 15) is 4.79 Å². The van der Waals surface area contributed by atoms with Crippen molar-refractivity contribution in [2.24, 2.45) is 5.92 Å². The molecule has 1 N–H and O–H groups in total. The van der Waals surface area contributed by atoms with Gasteiger partial charge < -0.3 is 14.6 Å². The van der Waals surface area contributed by atoms with Crippen molar-refractivity contribution in [1.29, 1.82) is 0 Å². The number of hydrogen-bond acceptors (Lipinski definition) is 5. The minimum Gasteiger partial charge on any atom is -0.381 e. The molecule has 7 heteroatoms. The van der Waals surface area contributed by atoms with Crippen LogP contribution >= 0.6 is 0 Å². The van der Waals surface area contributed by atoms with Gasteiger partial charge in [-0.2, -0.15) is 0 Å². The van der Waals surface area contributed by atoms with Gasteiger partial charge in [-0.3, -0.25) is 9.69 Å². The predicted octanol–water partition coefficient (Wildman–Crippen LogP) is 2.25. The number of rotatable bonds is 5. The van der Waals surface area contributed by atoms with Gasteiger partial charge in [-0.05, 0) is 32.3 Å². The van der Waals surface area contributed by atoms with E-state index in [4.69, 9.17) is 4.74 Å². The Balaban J connectivity index is 1.37. The number of hydrogen-bond donors (Lipinski definition) is 1. The number of nitrogens with one attached hydrogen (secondary N) is 1. The number of nitrogens with zero attached hydrogens (tertiary/aromatic N) is 4. The van der Waals surface area contributed by atoms with Gasteiger partial charge in [0.15, 0.2) is 5.82 Å². The van der Waals surface area contributed by atoms with Gasteiger partial charge in [0.1, 0.15) is 5.82 Å². The number of aryl methyl sites for hydroxylation is 1. The molecule has 29 heavy (non-hydrogen) atoms. The number of amides is 1. The SMILES string of the molecule is Cc1ccc(CN2CCc3nnc(C(C)NC(=O)C4CCOCC4)n3CC2)cc1. The Bertz CT molecular complexity index is 826. The minimum atomic E-state index is -0.143. The van der Waals surface area contributed by atoms with E-state index in [1.54, 1.807) is 0 Å². The summed E-state index contributed by atoms with van der Waals surface area (Å²) in [6.45, 7) is 9.17. The van der Waals surface area contributed by atoms with Crippen molar-refractivity contribution >= 4 is 5.91 Å². The molecule has 0 aliphatic carbocycles. The molecule has 0 saturated carbocycles. The van der Waals surface area contributed by atoms with Crippen molar-refractivity contribution in [1.82, 2.24) is 25.0 Å². The van der Waals surface area contributed by atoms with Crippen LogP contribution in [0, 0.1) is 12.8 Å². The van der Waals surface area contributed by atoms with Crippen molar-refractivity contribution in [3.05, 3.63) is 47.0 Å². The smallest absolute Gasteiger partial charge is 0.223 e. The van der Waals surface area contributed by atoms with Crippen LogP contribution < -0.4 is 5.32 Å². The molecular formula is C22H31N5O2. The number of benzene rings is 1. The first-order valence-electron chi connectivity index (χ1n) is 10.7. The van der Waals surface area contributed by atoms with Crippen LogP contribution in [0.4, 0.5) is 0 Å². The summed E-state index contributed by atoms with van der Waals surface area (Å²) in [6, 6.07) is 8.61. The second kappa shape index (κ2) is 9.05. The number of carbonyl (C=O) groups is 1. The predicted molar refractivity (Wildman–Crippen MR) is 110 cm³/mol. The van der Waals surface area contributed by atoms with Gasteiger partial charge in [0, 0.05) is 51.7 Å². The van der Waals surface area contributed by atoms with Gasteiger partial charge in [-0.1, -0.05) is 29.8 Å². The molecule has 0 radical (unpaired) electrons. The summed E-state index contributed by atoms with van der Waals surface area (Å²) in [7, 11) is 0. The lowest BCUT2D eigenvalue weighted by molar-refractivity contribution is -0.128. The Hall–Kier alpha value is -2.25. The van der Waals surface area contributed by atoms with Gasteiger partial charge in [0.2, 0.25) is 5.91 Å². The molecule has 2 aliphatic heterocycles. The first-order chi connectivity index (χ1) is 14.1. The molecule has 0 spiro atoms. The molecule has 1 unspecified atom stereocenters. The topological polar surface area (TPSA) is 72.3 Å². The maximum Gasteiger partial charge on any atom is 0.223 e. The highest BCUT2D eigenvalue weighted by Gasteiger charge is 2.26. The van der Waals surface area contributed by atoms with Gasteiger partial charge in [-0.15, -0.1) is 10.2 Å². The van der Waals surface area contributed by atoms with E-state index in [1.165, 1.54) is 11.1 Å². The third-order valence-electron chi connectivity index (χ3n) is 6.01. The Kier molecular flexibility index (Phi) is 6.25. The van der Waals surface area contributed by atoms with E-state index in [0.29, 0.717) is 13.2 Å². The molecule has 7 nitrogen and oxygen atoms in total. The average Bonchev–Trinajstić information content (AvgIpc) is 3.05. The third kappa shape index (κ3) is 4.85. The molecule has 1 aromatic heterocycles. The Morgan fingerprint density at radius 2 is 1.93 bits per heavy atom. The van der Waals surface area contributed by atoms with E-state index in [1.807, 2.05) is 6.92 Å². The van der Waals surface area contributed by atoms with Gasteiger partial charge in [0.25, 0.3) is 0 Å². The van der Waals surface area contributed by atoms with Crippen LogP contribution in [0.1, 0.15) is 48.6 Å². The number of fused-ring (bicyclic) bond motifs is 1. The van der Waals surface area contributed by atoms with Crippen molar-refractivity contribution < 1.29 is 9.53 Å². The molecule has 1 atom stereocenters. The van der Waals surface area contributed by atoms with Crippen molar-refractivity contribution in [3.63, 3.8) is 0 Å². The summed E-state index contributed by atoms with van der Waals surface area (Å²) in [5, 5.41) is 12.0. The molecule has 4 rings (SSSR count). The zero-order valence-corrected chi connectivity index (χ0v) is 17.4. The van der Waals surface area contributed by atoms with E-state index >= 15 is 0 Å². The average molecular weight is 398 g/mol. The Morgan fingerprint density at radius 3 is 2.69 bits per heavy atom. The fourth-order valence-corrected chi connectivity index (χ4v) is 4.17. The summed E-state index contributed by atoms with van der Waals surface area (Å²) in [4.78, 5) is 15.1. The number of carbonyl (C=O) groups excluding carboxylic acids is 1. The van der Waals surface area contributed by atoms with Gasteiger partial charge in [-0.25, -0.2) is 0 Å². The van der Waals surface area contributed by atoms with Crippen LogP contribution in [0.25, 0.3) is 0 Å². The van der Waals surface area contributed by atoms with Crippen LogP contribution in [0.3, 0.4) is 0 Å². The summed E-state index contributed by atoms with van der Waals surface area (Å²) in [5.41, 5.74) is 2.63. The highest BCUT2D eigenvalue weighted by atomic mass is 16.5. The van der Waals surface area contributed by atoms with Gasteiger partial charge in [0.05, 0.1) is 6.04 Å². The second-order valence-corrected chi connectivity index (χ2v) is 8.25. The van der Waals surface area contributed by atoms with Crippen LogP contribution in [0.5, 0.6) is 0 Å². The fourth-order valence-electron chi connectivity index (χ4n) is 4.17. The number of ether oxygens (including phenoxy) is 1. The third-order valence-corrected chi connectivity index (χ3v) is 6.01. The molecule has 2 aliphatic rings. The molecule has 3 heterocycles. The first-order valence-corrected chi connectivity index (χ1v) is 10.7. The molecule has 1 amide bonds. The molecule has 1 saturated heterocycles. The lowest BCUT2D eigenvalue weighted by Gasteiger charge is -2.23. The molecule has 0 bridgehead atoms. The molecular weight excluding hydrogens is 366 g/mol. The summed E-state index contributed by atoms with van der Waals surface area (Å²) in [5.74, 6) is 2.02. The Labute approximate surface area is 172 Å². The fraction of sp³-hybridized carbons (Fsp3) is 0.591. The van der Waals surface area contributed by atoms with Crippen LogP contribution in [0.15, 0.2) is 24.3 Å². The normalized spacial score (nSPS) is 19.4. The molecule has 1 fully saturated rings. The lowest BCUT2D eigenvalue weighted by atomic mass is 9.99. The lowest BCUT2D eigenvalue weighted by Crippen LogP contribution is -2.36. The first kappa shape index (κ1) is 20.0. The van der Waals surface area contributed by atoms with Crippen LogP contribution in [0.2, 0.25) is 0 Å². The zero-order chi connectivity index (χ0) is 20.2. The van der Waals surface area contributed by atoms with Gasteiger partial charge >= 0.3 is 0 Å². The van der Waals surface area contributed by atoms with E-state index in [-0.39, 0.29) is 17.9 Å². The van der Waals surface area contributed by atoms with Crippen molar-refractivity contribution in [2.75, 3.05) is 26.3 Å². The second-order valence-electron chi connectivity index (χ2n) is 8.25. The summed E-state index contributed by atoms with van der Waals surface area (Å²) in [6.07, 6.45) is 2.47. The highest BCUT2D eigenvalue weighted by Crippen LogP contribution is 2.20. The molecule has 156 valence electrons. The Morgan fingerprint density at radius 1 is 1.17 bits per heavy atom. The monoisotopic (exact) mass is 397 g/mol. The molecule has 2 aromatic rings. The minimum absolute atomic E-state index is 0.0442. The highest BCUT2D eigenvalue weighted by molar-refractivity contribution is 5.79. The van der Waals surface area contributed by atoms with E-state index in [0.717, 1.165) is 57.1 Å². The maximum absolute atomic E-state index is 12.6. The maximum atomic E-state index is 12.6. The summed E-state index contributed by atoms with van der Waals surface area (Å²) >= 11 is 0. The largest absolute Gasteiger partial charge is 0.381 e. The van der Waals surface area contributed by atoms with Crippen molar-refractivity contribution in [2.45, 2.75) is 52.2 Å². The zero-order valence-electron chi connectivity index (χ0n) is 17.4.